The van der Waals surface area contributed by atoms with E-state index in [1.807, 2.05) is 31.0 Å². The molecule has 0 unspecified atom stereocenters. The van der Waals surface area contributed by atoms with Crippen LogP contribution in [0.25, 0.3) is 0 Å². The van der Waals surface area contributed by atoms with Crippen molar-refractivity contribution < 1.29 is 19.1 Å². The molecule has 2 aromatic heterocycles. The van der Waals surface area contributed by atoms with E-state index >= 15 is 0 Å². The van der Waals surface area contributed by atoms with Crippen LogP contribution in [0.5, 0.6) is 5.75 Å². The van der Waals surface area contributed by atoms with Gasteiger partial charge in [0.2, 0.25) is 5.91 Å². The number of pyridine rings is 2. The first-order valence-electron chi connectivity index (χ1n) is 15.3. The Hall–Kier alpha value is -4.28. The highest BCUT2D eigenvalue weighted by Gasteiger charge is 2.31. The maximum Gasteiger partial charge on any atom is 0.257 e. The van der Waals surface area contributed by atoms with Crippen molar-refractivity contribution in [2.24, 2.45) is 0 Å². The van der Waals surface area contributed by atoms with Crippen LogP contribution in [-0.4, -0.2) is 76.3 Å². The van der Waals surface area contributed by atoms with Gasteiger partial charge in [-0.1, -0.05) is 24.2 Å². The number of ether oxygens (including phenoxy) is 1. The monoisotopic (exact) mass is 630 g/mol. The van der Waals surface area contributed by atoms with Crippen LogP contribution in [0.4, 0.5) is 5.82 Å². The summed E-state index contributed by atoms with van der Waals surface area (Å²) in [5, 5.41) is 5.88. The fourth-order valence-corrected chi connectivity index (χ4v) is 5.77. The highest BCUT2D eigenvalue weighted by atomic mass is 35.5. The van der Waals surface area contributed by atoms with Gasteiger partial charge in [-0.25, -0.2) is 4.98 Å². The van der Waals surface area contributed by atoms with Gasteiger partial charge in [0, 0.05) is 56.7 Å². The summed E-state index contributed by atoms with van der Waals surface area (Å²) in [6, 6.07) is 10.7. The highest BCUT2D eigenvalue weighted by Crippen LogP contribution is 2.40. The van der Waals surface area contributed by atoms with Crippen molar-refractivity contribution in [1.29, 1.82) is 0 Å². The average molecular weight is 631 g/mol. The number of carbonyl (C=O) groups excluding carboxylic acids is 3. The number of nitrogens with one attached hydrogen (secondary N) is 2. The largest absolute Gasteiger partial charge is 0.482 e. The summed E-state index contributed by atoms with van der Waals surface area (Å²) < 4.78 is 6.67. The van der Waals surface area contributed by atoms with E-state index in [0.29, 0.717) is 60.5 Å². The van der Waals surface area contributed by atoms with E-state index in [9.17, 15) is 14.4 Å². The number of aromatic nitrogens is 2. The van der Waals surface area contributed by atoms with Gasteiger partial charge in [-0.05, 0) is 87.1 Å². The minimum Gasteiger partial charge on any atom is -0.482 e. The Morgan fingerprint density at radius 2 is 1.93 bits per heavy atom. The van der Waals surface area contributed by atoms with Gasteiger partial charge in [-0.3, -0.25) is 24.3 Å². The number of amides is 3. The molecule has 5 rings (SSSR count). The third kappa shape index (κ3) is 7.69. The van der Waals surface area contributed by atoms with Gasteiger partial charge in [-0.2, -0.15) is 0 Å². The minimum atomic E-state index is -0.522. The van der Waals surface area contributed by atoms with Crippen molar-refractivity contribution >= 4 is 35.1 Å². The van der Waals surface area contributed by atoms with Crippen LogP contribution in [-0.2, 0) is 4.79 Å². The molecule has 45 heavy (non-hydrogen) atoms. The maximum atomic E-state index is 13.3. The number of anilines is 1. The van der Waals surface area contributed by atoms with Crippen molar-refractivity contribution in [3.8, 4) is 5.75 Å². The third-order valence-electron chi connectivity index (χ3n) is 8.19. The summed E-state index contributed by atoms with van der Waals surface area (Å²) in [6.45, 7) is 12.0. The molecule has 2 N–H and O–H groups in total. The first-order valence-corrected chi connectivity index (χ1v) is 15.7. The van der Waals surface area contributed by atoms with Crippen molar-refractivity contribution in [3.05, 3.63) is 94.4 Å². The number of hydrogen-bond donors (Lipinski definition) is 2. The molecule has 0 bridgehead atoms. The predicted octanol–water partition coefficient (Wildman–Crippen LogP) is 5.16. The van der Waals surface area contributed by atoms with Gasteiger partial charge >= 0.3 is 0 Å². The summed E-state index contributed by atoms with van der Waals surface area (Å²) >= 11 is 6.21. The maximum absolute atomic E-state index is 13.3. The van der Waals surface area contributed by atoms with E-state index in [1.54, 1.807) is 31.2 Å². The Morgan fingerprint density at radius 1 is 1.13 bits per heavy atom. The molecule has 0 spiro atoms. The van der Waals surface area contributed by atoms with E-state index in [0.717, 1.165) is 5.69 Å². The zero-order valence-electron chi connectivity index (χ0n) is 25.9. The molecule has 2 aliphatic rings. The zero-order valence-corrected chi connectivity index (χ0v) is 26.6. The number of piperazine rings is 1. The lowest BCUT2D eigenvalue weighted by molar-refractivity contribution is -0.130. The smallest absolute Gasteiger partial charge is 0.257 e. The van der Waals surface area contributed by atoms with Gasteiger partial charge < -0.3 is 20.3 Å². The molecule has 0 radical (unpaired) electrons. The van der Waals surface area contributed by atoms with Crippen LogP contribution in [0.15, 0.2) is 61.4 Å². The molecule has 236 valence electrons. The molecule has 3 aromatic rings. The number of halogens is 1. The number of nitrogens with zero attached hydrogens (tertiary/aromatic N) is 4. The number of benzene rings is 1. The molecule has 2 fully saturated rings. The van der Waals surface area contributed by atoms with Crippen molar-refractivity contribution in [1.82, 2.24) is 25.1 Å². The van der Waals surface area contributed by atoms with E-state index in [1.165, 1.54) is 30.7 Å². The predicted molar refractivity (Wildman–Crippen MR) is 174 cm³/mol. The van der Waals surface area contributed by atoms with E-state index < -0.39 is 12.0 Å². The lowest BCUT2D eigenvalue weighted by Gasteiger charge is -2.40. The highest BCUT2D eigenvalue weighted by molar-refractivity contribution is 6.33. The van der Waals surface area contributed by atoms with Crippen LogP contribution in [0.1, 0.15) is 76.2 Å². The molecule has 2 atom stereocenters. The summed E-state index contributed by atoms with van der Waals surface area (Å²) in [4.78, 5) is 52.0. The molecule has 1 aromatic carbocycles. The van der Waals surface area contributed by atoms with Gasteiger partial charge in [-0.15, -0.1) is 0 Å². The SMILES string of the molecule is C=CC(=O)N1CCN(C[C@@H](Oc2cc(C)c(C(=O)Nc3ncccc3Cl)cc2C(=O)NCC)c2ccc(C3CC3)cn2)C[C@H]1C. The fraction of sp³-hybridized carbons (Fsp3) is 0.382. The molecular formula is C34H39ClN6O4. The third-order valence-corrected chi connectivity index (χ3v) is 8.50. The van der Waals surface area contributed by atoms with Crippen LogP contribution < -0.4 is 15.4 Å². The number of aryl methyl sites for hydroxylation is 1. The Bertz CT molecular complexity index is 1580. The zero-order chi connectivity index (χ0) is 32.1. The summed E-state index contributed by atoms with van der Waals surface area (Å²) in [5.41, 5.74) is 3.09. The van der Waals surface area contributed by atoms with Crippen LogP contribution >= 0.6 is 11.6 Å². The second kappa shape index (κ2) is 14.2. The average Bonchev–Trinajstić information content (AvgIpc) is 3.88. The van der Waals surface area contributed by atoms with Gasteiger partial charge in [0.1, 0.15) is 5.75 Å². The molecule has 11 heteroatoms. The molecule has 3 heterocycles. The summed E-state index contributed by atoms with van der Waals surface area (Å²) in [7, 11) is 0. The first-order chi connectivity index (χ1) is 21.7. The fourth-order valence-electron chi connectivity index (χ4n) is 5.60. The van der Waals surface area contributed by atoms with Gasteiger partial charge in [0.15, 0.2) is 11.9 Å². The number of carbonyl (C=O) groups is 3. The standard InChI is InChI=1S/C34H39ClN6O4/c1-5-31(42)41-15-14-40(19-22(41)4)20-30(28-12-11-24(18-38-28)23-9-10-23)45-29-16-21(3)25(17-26(29)33(43)36-6-2)34(44)39-32-27(35)8-7-13-37-32/h5,7-8,11-13,16-18,22-23,30H,1,6,9-10,14-15,19-20H2,2-4H3,(H,36,43)(H,37,39,44)/t22-,30-/m1/s1. The lowest BCUT2D eigenvalue weighted by Crippen LogP contribution is -2.54. The van der Waals surface area contributed by atoms with Gasteiger partial charge in [0.25, 0.3) is 11.8 Å². The molecule has 1 saturated carbocycles. The van der Waals surface area contributed by atoms with E-state index in [4.69, 9.17) is 21.3 Å². The van der Waals surface area contributed by atoms with Crippen LogP contribution in [0.3, 0.4) is 0 Å². The molecule has 1 aliphatic heterocycles. The van der Waals surface area contributed by atoms with E-state index in [-0.39, 0.29) is 29.2 Å². The quantitative estimate of drug-likeness (QED) is 0.281. The van der Waals surface area contributed by atoms with Crippen molar-refractivity contribution in [2.75, 3.05) is 38.0 Å². The van der Waals surface area contributed by atoms with Crippen LogP contribution in [0, 0.1) is 6.92 Å². The molecular weight excluding hydrogens is 592 g/mol. The molecule has 3 amide bonds. The Labute approximate surface area is 268 Å². The van der Waals surface area contributed by atoms with Crippen molar-refractivity contribution in [2.45, 2.75) is 51.7 Å². The summed E-state index contributed by atoms with van der Waals surface area (Å²) in [6.07, 6.45) is 6.63. The molecule has 10 nitrogen and oxygen atoms in total. The second-order valence-corrected chi connectivity index (χ2v) is 12.0. The Balaban J connectivity index is 1.45. The first kappa shape index (κ1) is 32.1. The lowest BCUT2D eigenvalue weighted by atomic mass is 10.0. The minimum absolute atomic E-state index is 0.00589. The number of hydrogen-bond acceptors (Lipinski definition) is 7. The molecule has 1 aliphatic carbocycles. The van der Waals surface area contributed by atoms with Gasteiger partial charge in [0.05, 0.1) is 16.3 Å². The molecule has 1 saturated heterocycles. The van der Waals surface area contributed by atoms with Crippen LogP contribution in [0.2, 0.25) is 5.02 Å². The Morgan fingerprint density at radius 3 is 2.58 bits per heavy atom. The normalized spacial score (nSPS) is 17.3. The topological polar surface area (TPSA) is 117 Å². The van der Waals surface area contributed by atoms with E-state index in [2.05, 4.69) is 33.2 Å². The summed E-state index contributed by atoms with van der Waals surface area (Å²) in [5.74, 6) is 0.252. The second-order valence-electron chi connectivity index (χ2n) is 11.6. The van der Waals surface area contributed by atoms with Crippen molar-refractivity contribution in [3.63, 3.8) is 0 Å². The number of rotatable bonds is 11. The Kier molecular flexibility index (Phi) is 10.1.